The lowest BCUT2D eigenvalue weighted by molar-refractivity contribution is 0.0652. The van der Waals surface area contributed by atoms with E-state index >= 15 is 0 Å². The van der Waals surface area contributed by atoms with Crippen molar-refractivity contribution < 1.29 is 14.4 Å². The second kappa shape index (κ2) is 5.36. The zero-order chi connectivity index (χ0) is 13.9. The van der Waals surface area contributed by atoms with Crippen LogP contribution in [0, 0.1) is 0 Å². The summed E-state index contributed by atoms with van der Waals surface area (Å²) >= 11 is 0. The molecule has 3 rings (SSSR count). The summed E-state index contributed by atoms with van der Waals surface area (Å²) in [6, 6.07) is 9.40. The molecule has 5 nitrogen and oxygen atoms in total. The molecule has 2 heterocycles. The van der Waals surface area contributed by atoms with E-state index in [9.17, 15) is 4.79 Å². The summed E-state index contributed by atoms with van der Waals surface area (Å²) in [7, 11) is 0. The van der Waals surface area contributed by atoms with E-state index in [4.69, 9.17) is 9.63 Å². The van der Waals surface area contributed by atoms with Gasteiger partial charge in [-0.3, -0.25) is 0 Å². The molecule has 2 aromatic rings. The third kappa shape index (κ3) is 2.39. The van der Waals surface area contributed by atoms with Crippen molar-refractivity contribution in [3.63, 3.8) is 0 Å². The predicted octanol–water partition coefficient (Wildman–Crippen LogP) is 3.03. The van der Waals surface area contributed by atoms with E-state index in [1.165, 1.54) is 25.3 Å². The lowest BCUT2D eigenvalue weighted by atomic mass is 10.0. The summed E-state index contributed by atoms with van der Waals surface area (Å²) in [5.41, 5.74) is 2.59. The molecule has 0 atom stereocenters. The number of rotatable bonds is 3. The first-order chi connectivity index (χ1) is 9.75. The first-order valence-corrected chi connectivity index (χ1v) is 6.80. The molecule has 104 valence electrons. The van der Waals surface area contributed by atoms with Crippen LogP contribution in [-0.4, -0.2) is 29.3 Å². The maximum atomic E-state index is 10.9. The molecule has 0 bridgehead atoms. The Labute approximate surface area is 116 Å². The molecule has 1 N–H and O–H groups in total. The summed E-state index contributed by atoms with van der Waals surface area (Å²) < 4.78 is 4.85. The summed E-state index contributed by atoms with van der Waals surface area (Å²) in [4.78, 5) is 13.2. The van der Waals surface area contributed by atoms with Gasteiger partial charge in [-0.15, -0.1) is 0 Å². The van der Waals surface area contributed by atoms with Crippen molar-refractivity contribution in [3.8, 4) is 11.3 Å². The maximum absolute atomic E-state index is 10.9. The first-order valence-electron chi connectivity index (χ1n) is 6.80. The van der Waals surface area contributed by atoms with Gasteiger partial charge in [-0.2, -0.15) is 0 Å². The first kappa shape index (κ1) is 12.7. The minimum Gasteiger partial charge on any atom is -0.475 e. The van der Waals surface area contributed by atoms with Crippen LogP contribution in [0.15, 0.2) is 34.9 Å². The molecule has 1 fully saturated rings. The van der Waals surface area contributed by atoms with E-state index in [1.807, 2.05) is 18.2 Å². The smallest absolute Gasteiger partial charge is 0.374 e. The molecule has 5 heteroatoms. The molecule has 0 spiro atoms. The fourth-order valence-corrected chi connectivity index (χ4v) is 2.60. The molecule has 0 saturated carbocycles. The Hall–Kier alpha value is -2.30. The van der Waals surface area contributed by atoms with Gasteiger partial charge in [0.2, 0.25) is 5.76 Å². The summed E-state index contributed by atoms with van der Waals surface area (Å²) in [6.07, 6.45) is 3.65. The molecular formula is C15H16N2O3. The SMILES string of the molecule is O=C(O)c1cc(-c2ccccc2N2CCCCC2)no1. The number of carboxylic acids is 1. The van der Waals surface area contributed by atoms with Gasteiger partial charge in [0.25, 0.3) is 0 Å². The number of aromatic carboxylic acids is 1. The molecule has 1 aliphatic heterocycles. The van der Waals surface area contributed by atoms with E-state index in [1.54, 1.807) is 0 Å². The van der Waals surface area contributed by atoms with Crippen LogP contribution < -0.4 is 4.90 Å². The van der Waals surface area contributed by atoms with Crippen molar-refractivity contribution in [3.05, 3.63) is 36.1 Å². The van der Waals surface area contributed by atoms with E-state index in [0.29, 0.717) is 5.69 Å². The number of hydrogen-bond donors (Lipinski definition) is 1. The molecule has 1 aromatic heterocycles. The number of piperidine rings is 1. The Kier molecular flexibility index (Phi) is 3.41. The van der Waals surface area contributed by atoms with Crippen LogP contribution in [0.1, 0.15) is 29.8 Å². The molecule has 0 amide bonds. The number of benzene rings is 1. The van der Waals surface area contributed by atoms with Gasteiger partial charge in [0, 0.05) is 30.4 Å². The van der Waals surface area contributed by atoms with Crippen molar-refractivity contribution >= 4 is 11.7 Å². The van der Waals surface area contributed by atoms with Gasteiger partial charge in [0.1, 0.15) is 5.69 Å². The highest BCUT2D eigenvalue weighted by Gasteiger charge is 2.18. The second-order valence-electron chi connectivity index (χ2n) is 4.95. The molecule has 20 heavy (non-hydrogen) atoms. The third-order valence-electron chi connectivity index (χ3n) is 3.60. The maximum Gasteiger partial charge on any atom is 0.374 e. The average molecular weight is 272 g/mol. The van der Waals surface area contributed by atoms with E-state index < -0.39 is 5.97 Å². The van der Waals surface area contributed by atoms with Crippen molar-refractivity contribution in [2.45, 2.75) is 19.3 Å². The van der Waals surface area contributed by atoms with Crippen LogP contribution in [0.25, 0.3) is 11.3 Å². The Morgan fingerprint density at radius 2 is 1.95 bits per heavy atom. The molecule has 1 saturated heterocycles. The van der Waals surface area contributed by atoms with Gasteiger partial charge in [-0.25, -0.2) is 4.79 Å². The van der Waals surface area contributed by atoms with Gasteiger partial charge in [-0.1, -0.05) is 23.4 Å². The number of carboxylic acid groups (broad SMARTS) is 1. The van der Waals surface area contributed by atoms with Gasteiger partial charge in [0.05, 0.1) is 0 Å². The minimum atomic E-state index is -1.10. The lowest BCUT2D eigenvalue weighted by Crippen LogP contribution is -2.29. The molecule has 1 aliphatic rings. The fraction of sp³-hybridized carbons (Fsp3) is 0.333. The Balaban J connectivity index is 1.97. The van der Waals surface area contributed by atoms with Gasteiger partial charge in [-0.05, 0) is 25.3 Å². The molecule has 0 unspecified atom stereocenters. The molecule has 1 aromatic carbocycles. The molecular weight excluding hydrogens is 256 g/mol. The van der Waals surface area contributed by atoms with Gasteiger partial charge in [0.15, 0.2) is 0 Å². The second-order valence-corrected chi connectivity index (χ2v) is 4.95. The van der Waals surface area contributed by atoms with Crippen LogP contribution >= 0.6 is 0 Å². The fourth-order valence-electron chi connectivity index (χ4n) is 2.60. The lowest BCUT2D eigenvalue weighted by Gasteiger charge is -2.30. The van der Waals surface area contributed by atoms with E-state index in [0.717, 1.165) is 24.3 Å². The van der Waals surface area contributed by atoms with Gasteiger partial charge >= 0.3 is 5.97 Å². The number of nitrogens with zero attached hydrogens (tertiary/aromatic N) is 2. The van der Waals surface area contributed by atoms with Crippen molar-refractivity contribution in [1.82, 2.24) is 5.16 Å². The summed E-state index contributed by atoms with van der Waals surface area (Å²) in [5.74, 6) is -1.23. The standard InChI is InChI=1S/C15H16N2O3/c18-15(19)14-10-12(16-20-14)11-6-2-3-7-13(11)17-8-4-1-5-9-17/h2-3,6-7,10H,1,4-5,8-9H2,(H,18,19). The largest absolute Gasteiger partial charge is 0.475 e. The number of hydrogen-bond acceptors (Lipinski definition) is 4. The summed E-state index contributed by atoms with van der Waals surface area (Å²) in [5, 5.41) is 12.8. The predicted molar refractivity (Wildman–Crippen MR) is 75.0 cm³/mol. The number of carbonyl (C=O) groups is 1. The minimum absolute atomic E-state index is 0.131. The van der Waals surface area contributed by atoms with Crippen LogP contribution in [0.2, 0.25) is 0 Å². The van der Waals surface area contributed by atoms with Gasteiger partial charge < -0.3 is 14.5 Å². The molecule has 0 aliphatic carbocycles. The van der Waals surface area contributed by atoms with E-state index in [2.05, 4.69) is 16.1 Å². The quantitative estimate of drug-likeness (QED) is 0.930. The van der Waals surface area contributed by atoms with Crippen molar-refractivity contribution in [2.24, 2.45) is 0 Å². The van der Waals surface area contributed by atoms with Crippen molar-refractivity contribution in [1.29, 1.82) is 0 Å². The Morgan fingerprint density at radius 1 is 1.20 bits per heavy atom. The highest BCUT2D eigenvalue weighted by Crippen LogP contribution is 2.32. The highest BCUT2D eigenvalue weighted by atomic mass is 16.5. The number of aromatic nitrogens is 1. The number of anilines is 1. The number of para-hydroxylation sites is 1. The molecule has 0 radical (unpaired) electrons. The van der Waals surface area contributed by atoms with Crippen LogP contribution in [0.4, 0.5) is 5.69 Å². The Bertz CT molecular complexity index is 615. The van der Waals surface area contributed by atoms with E-state index in [-0.39, 0.29) is 5.76 Å². The van der Waals surface area contributed by atoms with Crippen LogP contribution in [0.3, 0.4) is 0 Å². The normalized spacial score (nSPS) is 15.3. The average Bonchev–Trinajstić information content (AvgIpc) is 2.98. The monoisotopic (exact) mass is 272 g/mol. The Morgan fingerprint density at radius 3 is 2.65 bits per heavy atom. The zero-order valence-electron chi connectivity index (χ0n) is 11.1. The van der Waals surface area contributed by atoms with Crippen LogP contribution in [-0.2, 0) is 0 Å². The van der Waals surface area contributed by atoms with Crippen LogP contribution in [0.5, 0.6) is 0 Å². The topological polar surface area (TPSA) is 66.6 Å². The summed E-state index contributed by atoms with van der Waals surface area (Å²) in [6.45, 7) is 2.06. The highest BCUT2D eigenvalue weighted by molar-refractivity contribution is 5.87. The zero-order valence-corrected chi connectivity index (χ0v) is 11.1. The van der Waals surface area contributed by atoms with Crippen molar-refractivity contribution in [2.75, 3.05) is 18.0 Å². The third-order valence-corrected chi connectivity index (χ3v) is 3.60.